The molecule has 7 nitrogen and oxygen atoms in total. The van der Waals surface area contributed by atoms with E-state index in [9.17, 15) is 9.59 Å². The minimum atomic E-state index is -0.780. The van der Waals surface area contributed by atoms with Gasteiger partial charge in [-0.05, 0) is 18.4 Å². The van der Waals surface area contributed by atoms with E-state index in [4.69, 9.17) is 5.11 Å². The Labute approximate surface area is 139 Å². The van der Waals surface area contributed by atoms with Gasteiger partial charge in [0.1, 0.15) is 0 Å². The number of nitrogens with one attached hydrogen (secondary N) is 1. The smallest absolute Gasteiger partial charge is 0.321 e. The van der Waals surface area contributed by atoms with Gasteiger partial charge in [-0.25, -0.2) is 4.79 Å². The minimum absolute atomic E-state index is 0.210. The lowest BCUT2D eigenvalue weighted by molar-refractivity contribution is -0.143. The maximum Gasteiger partial charge on any atom is 0.321 e. The predicted molar refractivity (Wildman–Crippen MR) is 88.7 cm³/mol. The number of aromatic nitrogens is 2. The van der Waals surface area contributed by atoms with Crippen LogP contribution < -0.4 is 5.32 Å². The molecule has 1 saturated heterocycles. The molecule has 0 aliphatic carbocycles. The molecule has 2 amide bonds. The molecule has 0 spiro atoms. The van der Waals surface area contributed by atoms with E-state index >= 15 is 0 Å². The van der Waals surface area contributed by atoms with Crippen molar-refractivity contribution in [3.05, 3.63) is 48.3 Å². The van der Waals surface area contributed by atoms with Crippen molar-refractivity contribution in [1.29, 1.82) is 0 Å². The van der Waals surface area contributed by atoms with Crippen LogP contribution in [0.5, 0.6) is 0 Å². The molecule has 2 heterocycles. The van der Waals surface area contributed by atoms with Gasteiger partial charge >= 0.3 is 12.0 Å². The molecule has 0 saturated carbocycles. The highest BCUT2D eigenvalue weighted by molar-refractivity contribution is 5.89. The monoisotopic (exact) mass is 328 g/mol. The van der Waals surface area contributed by atoms with Gasteiger partial charge in [-0.15, -0.1) is 0 Å². The number of carbonyl (C=O) groups is 2. The summed E-state index contributed by atoms with van der Waals surface area (Å²) in [6, 6.07) is 9.74. The highest BCUT2D eigenvalue weighted by Crippen LogP contribution is 2.18. The number of likely N-dealkylation sites (tertiary alicyclic amines) is 1. The van der Waals surface area contributed by atoms with Gasteiger partial charge < -0.3 is 15.3 Å². The average molecular weight is 328 g/mol. The normalized spacial score (nSPS) is 15.2. The number of hydrogen-bond donors (Lipinski definition) is 2. The number of urea groups is 1. The summed E-state index contributed by atoms with van der Waals surface area (Å²) in [5, 5.41) is 16.1. The Morgan fingerprint density at radius 3 is 2.58 bits per heavy atom. The van der Waals surface area contributed by atoms with Crippen LogP contribution >= 0.6 is 0 Å². The molecule has 1 aliphatic heterocycles. The highest BCUT2D eigenvalue weighted by Gasteiger charge is 2.27. The Kier molecular flexibility index (Phi) is 4.79. The number of carbonyl (C=O) groups excluding carboxylic acids is 1. The summed E-state index contributed by atoms with van der Waals surface area (Å²) in [6.45, 7) is 1.56. The number of anilines is 1. The number of hydrogen-bond acceptors (Lipinski definition) is 3. The average Bonchev–Trinajstić information content (AvgIpc) is 3.02. The van der Waals surface area contributed by atoms with E-state index in [1.165, 1.54) is 0 Å². The second-order valence-electron chi connectivity index (χ2n) is 5.94. The summed E-state index contributed by atoms with van der Waals surface area (Å²) >= 11 is 0. The van der Waals surface area contributed by atoms with E-state index in [0.717, 1.165) is 5.56 Å². The summed E-state index contributed by atoms with van der Waals surface area (Å²) in [5.74, 6) is -1.13. The van der Waals surface area contributed by atoms with E-state index in [1.807, 2.05) is 30.3 Å². The number of carboxylic acid groups (broad SMARTS) is 1. The summed E-state index contributed by atoms with van der Waals surface area (Å²) in [5.41, 5.74) is 1.77. The van der Waals surface area contributed by atoms with Crippen molar-refractivity contribution in [2.75, 3.05) is 18.4 Å². The SMILES string of the molecule is O=C(O)C1CCN(C(=O)Nc2cnn(Cc3ccccc3)c2)CC1. The van der Waals surface area contributed by atoms with Crippen molar-refractivity contribution >= 4 is 17.7 Å². The number of amides is 2. The van der Waals surface area contributed by atoms with Gasteiger partial charge in [0.05, 0.1) is 24.3 Å². The van der Waals surface area contributed by atoms with Crippen LogP contribution in [0.2, 0.25) is 0 Å². The topological polar surface area (TPSA) is 87.5 Å². The van der Waals surface area contributed by atoms with Crippen molar-refractivity contribution in [1.82, 2.24) is 14.7 Å². The van der Waals surface area contributed by atoms with Crippen molar-refractivity contribution in [2.45, 2.75) is 19.4 Å². The third-order valence-electron chi connectivity index (χ3n) is 4.20. The molecule has 126 valence electrons. The molecule has 0 unspecified atom stereocenters. The number of piperidine rings is 1. The molecule has 1 aliphatic rings. The first kappa shape index (κ1) is 16.0. The van der Waals surface area contributed by atoms with Gasteiger partial charge in [0.25, 0.3) is 0 Å². The fraction of sp³-hybridized carbons (Fsp3) is 0.353. The van der Waals surface area contributed by atoms with Crippen LogP contribution in [0, 0.1) is 5.92 Å². The summed E-state index contributed by atoms with van der Waals surface area (Å²) in [4.78, 5) is 24.8. The zero-order chi connectivity index (χ0) is 16.9. The molecule has 0 bridgehead atoms. The zero-order valence-electron chi connectivity index (χ0n) is 13.3. The summed E-state index contributed by atoms with van der Waals surface area (Å²) in [6.07, 6.45) is 4.39. The Morgan fingerprint density at radius 1 is 1.21 bits per heavy atom. The highest BCUT2D eigenvalue weighted by atomic mass is 16.4. The van der Waals surface area contributed by atoms with Gasteiger partial charge in [0.15, 0.2) is 0 Å². The number of carboxylic acids is 1. The lowest BCUT2D eigenvalue weighted by atomic mass is 9.97. The molecule has 0 atom stereocenters. The molecule has 7 heteroatoms. The van der Waals surface area contributed by atoms with Crippen LogP contribution in [0.4, 0.5) is 10.5 Å². The molecule has 2 N–H and O–H groups in total. The van der Waals surface area contributed by atoms with E-state index in [2.05, 4.69) is 10.4 Å². The van der Waals surface area contributed by atoms with Crippen molar-refractivity contribution in [3.63, 3.8) is 0 Å². The van der Waals surface area contributed by atoms with Crippen molar-refractivity contribution in [2.24, 2.45) is 5.92 Å². The van der Waals surface area contributed by atoms with Crippen LogP contribution in [0.3, 0.4) is 0 Å². The number of rotatable bonds is 4. The first-order valence-corrected chi connectivity index (χ1v) is 7.97. The number of aliphatic carboxylic acids is 1. The third-order valence-corrected chi connectivity index (χ3v) is 4.20. The van der Waals surface area contributed by atoms with Gasteiger partial charge in [-0.1, -0.05) is 30.3 Å². The molecule has 24 heavy (non-hydrogen) atoms. The number of benzene rings is 1. The molecular weight excluding hydrogens is 308 g/mol. The lowest BCUT2D eigenvalue weighted by Gasteiger charge is -2.29. The molecule has 1 aromatic heterocycles. The molecule has 1 aromatic carbocycles. The fourth-order valence-corrected chi connectivity index (χ4v) is 2.82. The lowest BCUT2D eigenvalue weighted by Crippen LogP contribution is -2.42. The Balaban J connectivity index is 1.53. The van der Waals surface area contributed by atoms with Crippen LogP contribution in [-0.2, 0) is 11.3 Å². The van der Waals surface area contributed by atoms with Gasteiger partial charge in [0.2, 0.25) is 0 Å². The Bertz CT molecular complexity index is 706. The quantitative estimate of drug-likeness (QED) is 0.901. The van der Waals surface area contributed by atoms with E-state index in [0.29, 0.717) is 38.2 Å². The van der Waals surface area contributed by atoms with Crippen molar-refractivity contribution < 1.29 is 14.7 Å². The zero-order valence-corrected chi connectivity index (χ0v) is 13.3. The van der Waals surface area contributed by atoms with Crippen LogP contribution in [0.1, 0.15) is 18.4 Å². The summed E-state index contributed by atoms with van der Waals surface area (Å²) in [7, 11) is 0. The Morgan fingerprint density at radius 2 is 1.92 bits per heavy atom. The predicted octanol–water partition coefficient (Wildman–Crippen LogP) is 2.26. The Hall–Kier alpha value is -2.83. The third kappa shape index (κ3) is 3.92. The van der Waals surface area contributed by atoms with E-state index in [1.54, 1.807) is 22.0 Å². The molecule has 2 aromatic rings. The minimum Gasteiger partial charge on any atom is -0.481 e. The van der Waals surface area contributed by atoms with E-state index in [-0.39, 0.29) is 11.9 Å². The molecule has 3 rings (SSSR count). The van der Waals surface area contributed by atoms with Crippen molar-refractivity contribution in [3.8, 4) is 0 Å². The molecule has 1 fully saturated rings. The largest absolute Gasteiger partial charge is 0.481 e. The first-order chi connectivity index (χ1) is 11.6. The molecular formula is C17H20N4O3. The maximum atomic E-state index is 12.2. The number of nitrogens with zero attached hydrogens (tertiary/aromatic N) is 3. The first-order valence-electron chi connectivity index (χ1n) is 7.97. The fourth-order valence-electron chi connectivity index (χ4n) is 2.82. The van der Waals surface area contributed by atoms with Crippen LogP contribution in [0.15, 0.2) is 42.7 Å². The van der Waals surface area contributed by atoms with Crippen LogP contribution in [0.25, 0.3) is 0 Å². The van der Waals surface area contributed by atoms with E-state index < -0.39 is 5.97 Å². The maximum absolute atomic E-state index is 12.2. The van der Waals surface area contributed by atoms with Gasteiger partial charge in [-0.2, -0.15) is 5.10 Å². The second kappa shape index (κ2) is 7.16. The van der Waals surface area contributed by atoms with Gasteiger partial charge in [-0.3, -0.25) is 9.48 Å². The molecule has 0 radical (unpaired) electrons. The summed E-state index contributed by atoms with van der Waals surface area (Å²) < 4.78 is 1.77. The second-order valence-corrected chi connectivity index (χ2v) is 5.94. The standard InChI is InChI=1S/C17H20N4O3/c22-16(23)14-6-8-20(9-7-14)17(24)19-15-10-18-21(12-15)11-13-4-2-1-3-5-13/h1-5,10,12,14H,6-9,11H2,(H,19,24)(H,22,23). The van der Waals surface area contributed by atoms with Gasteiger partial charge in [0, 0.05) is 19.3 Å². The van der Waals surface area contributed by atoms with Crippen LogP contribution in [-0.4, -0.2) is 44.9 Å².